The Kier molecular flexibility index (Phi) is 6.96. The van der Waals surface area contributed by atoms with Gasteiger partial charge in [0.2, 0.25) is 0 Å². The monoisotopic (exact) mass is 189 g/mol. The molecular formula is C10H23NS. The van der Waals surface area contributed by atoms with Crippen LogP contribution >= 0.6 is 11.8 Å². The Bertz CT molecular complexity index is 106. The summed E-state index contributed by atoms with van der Waals surface area (Å²) >= 11 is 2.00. The topological polar surface area (TPSA) is 26.0 Å². The van der Waals surface area contributed by atoms with E-state index in [9.17, 15) is 0 Å². The highest BCUT2D eigenvalue weighted by Gasteiger charge is 2.11. The van der Waals surface area contributed by atoms with E-state index >= 15 is 0 Å². The molecule has 0 aromatic carbocycles. The molecule has 0 aliphatic carbocycles. The van der Waals surface area contributed by atoms with E-state index in [4.69, 9.17) is 5.73 Å². The molecule has 0 aromatic heterocycles. The average Bonchev–Trinajstić information content (AvgIpc) is 2.11. The van der Waals surface area contributed by atoms with Gasteiger partial charge >= 0.3 is 0 Å². The maximum atomic E-state index is 6.01. The SMILES string of the molecule is CCC(C)SCC(N)C(C)CC. The average molecular weight is 189 g/mol. The van der Waals surface area contributed by atoms with Crippen LogP contribution in [0.4, 0.5) is 0 Å². The molecule has 0 rings (SSSR count). The second-order valence-electron chi connectivity index (χ2n) is 3.60. The number of hydrogen-bond donors (Lipinski definition) is 1. The zero-order valence-electron chi connectivity index (χ0n) is 8.84. The molecule has 0 amide bonds. The van der Waals surface area contributed by atoms with Crippen molar-refractivity contribution < 1.29 is 0 Å². The highest BCUT2D eigenvalue weighted by Crippen LogP contribution is 2.17. The lowest BCUT2D eigenvalue weighted by atomic mass is 10.0. The highest BCUT2D eigenvalue weighted by atomic mass is 32.2. The van der Waals surface area contributed by atoms with Gasteiger partial charge in [-0.05, 0) is 12.3 Å². The largest absolute Gasteiger partial charge is 0.327 e. The van der Waals surface area contributed by atoms with Gasteiger partial charge in [-0.2, -0.15) is 11.8 Å². The molecule has 0 bridgehead atoms. The molecule has 2 N–H and O–H groups in total. The quantitative estimate of drug-likeness (QED) is 0.695. The fraction of sp³-hybridized carbons (Fsp3) is 1.00. The molecule has 0 spiro atoms. The smallest absolute Gasteiger partial charge is 0.0156 e. The van der Waals surface area contributed by atoms with Gasteiger partial charge < -0.3 is 5.73 Å². The Balaban J connectivity index is 3.49. The zero-order chi connectivity index (χ0) is 9.56. The van der Waals surface area contributed by atoms with Crippen molar-refractivity contribution in [3.05, 3.63) is 0 Å². The van der Waals surface area contributed by atoms with Gasteiger partial charge in [0.1, 0.15) is 0 Å². The third-order valence-electron chi connectivity index (χ3n) is 2.52. The molecule has 0 aliphatic rings. The Hall–Kier alpha value is 0.310. The molecular weight excluding hydrogens is 166 g/mol. The molecule has 0 radical (unpaired) electrons. The van der Waals surface area contributed by atoms with Gasteiger partial charge in [-0.1, -0.05) is 34.1 Å². The van der Waals surface area contributed by atoms with E-state index < -0.39 is 0 Å². The van der Waals surface area contributed by atoms with E-state index in [1.54, 1.807) is 0 Å². The minimum atomic E-state index is 0.383. The molecule has 3 unspecified atom stereocenters. The van der Waals surface area contributed by atoms with E-state index in [2.05, 4.69) is 27.7 Å². The van der Waals surface area contributed by atoms with Crippen LogP contribution in [-0.4, -0.2) is 17.0 Å². The minimum absolute atomic E-state index is 0.383. The van der Waals surface area contributed by atoms with Crippen LogP contribution in [0.15, 0.2) is 0 Å². The first kappa shape index (κ1) is 12.3. The van der Waals surface area contributed by atoms with Gasteiger partial charge in [0.15, 0.2) is 0 Å². The summed E-state index contributed by atoms with van der Waals surface area (Å²) in [5.74, 6) is 1.78. The van der Waals surface area contributed by atoms with Crippen LogP contribution in [-0.2, 0) is 0 Å². The maximum Gasteiger partial charge on any atom is 0.0156 e. The second-order valence-corrected chi connectivity index (χ2v) is 5.07. The summed E-state index contributed by atoms with van der Waals surface area (Å²) in [7, 11) is 0. The lowest BCUT2D eigenvalue weighted by Gasteiger charge is -2.19. The standard InChI is InChI=1S/C10H23NS/c1-5-8(3)10(11)7-12-9(4)6-2/h8-10H,5-7,11H2,1-4H3. The summed E-state index contributed by atoms with van der Waals surface area (Å²) in [6, 6.07) is 0.383. The van der Waals surface area contributed by atoms with Gasteiger partial charge in [-0.15, -0.1) is 0 Å². The summed E-state index contributed by atoms with van der Waals surface area (Å²) in [6.45, 7) is 8.95. The third kappa shape index (κ3) is 5.04. The van der Waals surface area contributed by atoms with Gasteiger partial charge in [-0.25, -0.2) is 0 Å². The van der Waals surface area contributed by atoms with Crippen LogP contribution in [0.1, 0.15) is 40.5 Å². The normalized spacial score (nSPS) is 18.8. The van der Waals surface area contributed by atoms with Crippen molar-refractivity contribution in [2.75, 3.05) is 5.75 Å². The minimum Gasteiger partial charge on any atom is -0.327 e. The Morgan fingerprint density at radius 1 is 1.17 bits per heavy atom. The third-order valence-corrected chi connectivity index (χ3v) is 4.00. The van der Waals surface area contributed by atoms with Crippen molar-refractivity contribution in [3.8, 4) is 0 Å². The molecule has 0 saturated carbocycles. The molecule has 2 heteroatoms. The molecule has 0 aliphatic heterocycles. The van der Waals surface area contributed by atoms with Gasteiger partial charge in [0.25, 0.3) is 0 Å². The van der Waals surface area contributed by atoms with Crippen molar-refractivity contribution in [2.45, 2.75) is 51.8 Å². The van der Waals surface area contributed by atoms with Crippen LogP contribution in [0.2, 0.25) is 0 Å². The Morgan fingerprint density at radius 3 is 2.17 bits per heavy atom. The van der Waals surface area contributed by atoms with E-state index in [-0.39, 0.29) is 0 Å². The van der Waals surface area contributed by atoms with Gasteiger partial charge in [-0.3, -0.25) is 0 Å². The molecule has 3 atom stereocenters. The molecule has 0 aromatic rings. The zero-order valence-corrected chi connectivity index (χ0v) is 9.66. The van der Waals surface area contributed by atoms with Crippen molar-refractivity contribution in [1.82, 2.24) is 0 Å². The highest BCUT2D eigenvalue weighted by molar-refractivity contribution is 7.99. The van der Waals surface area contributed by atoms with Gasteiger partial charge in [0, 0.05) is 17.0 Å². The van der Waals surface area contributed by atoms with Crippen molar-refractivity contribution in [1.29, 1.82) is 0 Å². The van der Waals surface area contributed by atoms with Crippen LogP contribution in [0.25, 0.3) is 0 Å². The summed E-state index contributed by atoms with van der Waals surface area (Å²) in [5.41, 5.74) is 6.01. The molecule has 0 heterocycles. The fourth-order valence-corrected chi connectivity index (χ4v) is 1.98. The number of rotatable bonds is 6. The van der Waals surface area contributed by atoms with Crippen LogP contribution < -0.4 is 5.73 Å². The first-order valence-corrected chi connectivity index (χ1v) is 6.03. The Morgan fingerprint density at radius 2 is 1.75 bits per heavy atom. The van der Waals surface area contributed by atoms with Crippen LogP contribution in [0.5, 0.6) is 0 Å². The summed E-state index contributed by atoms with van der Waals surface area (Å²) in [4.78, 5) is 0. The van der Waals surface area contributed by atoms with E-state index in [1.165, 1.54) is 12.8 Å². The molecule has 12 heavy (non-hydrogen) atoms. The summed E-state index contributed by atoms with van der Waals surface area (Å²) in [6.07, 6.45) is 2.44. The number of thioether (sulfide) groups is 1. The second kappa shape index (κ2) is 6.79. The lowest BCUT2D eigenvalue weighted by Crippen LogP contribution is -2.30. The van der Waals surface area contributed by atoms with Crippen LogP contribution in [0.3, 0.4) is 0 Å². The summed E-state index contributed by atoms with van der Waals surface area (Å²) in [5, 5.41) is 0.764. The predicted octanol–water partition coefficient (Wildman–Crippen LogP) is 2.89. The van der Waals surface area contributed by atoms with E-state index in [0.29, 0.717) is 12.0 Å². The Labute approximate surface area is 81.5 Å². The molecule has 1 nitrogen and oxygen atoms in total. The predicted molar refractivity (Wildman–Crippen MR) is 59.6 cm³/mol. The molecule has 0 saturated heterocycles. The first-order chi connectivity index (χ1) is 5.61. The van der Waals surface area contributed by atoms with Crippen molar-refractivity contribution >= 4 is 11.8 Å². The number of hydrogen-bond acceptors (Lipinski definition) is 2. The van der Waals surface area contributed by atoms with E-state index in [1.807, 2.05) is 11.8 Å². The molecule has 0 fully saturated rings. The van der Waals surface area contributed by atoms with Crippen molar-refractivity contribution in [2.24, 2.45) is 11.7 Å². The lowest BCUT2D eigenvalue weighted by molar-refractivity contribution is 0.475. The number of nitrogens with two attached hydrogens (primary N) is 1. The van der Waals surface area contributed by atoms with E-state index in [0.717, 1.165) is 11.0 Å². The van der Waals surface area contributed by atoms with Crippen LogP contribution in [0, 0.1) is 5.92 Å². The van der Waals surface area contributed by atoms with Crippen molar-refractivity contribution in [3.63, 3.8) is 0 Å². The maximum absolute atomic E-state index is 6.01. The first-order valence-electron chi connectivity index (χ1n) is 4.98. The summed E-state index contributed by atoms with van der Waals surface area (Å²) < 4.78 is 0. The van der Waals surface area contributed by atoms with Gasteiger partial charge in [0.05, 0.1) is 0 Å². The fourth-order valence-electron chi connectivity index (χ4n) is 0.860. The molecule has 74 valence electrons.